The van der Waals surface area contributed by atoms with Gasteiger partial charge in [0.1, 0.15) is 0 Å². The Morgan fingerprint density at radius 3 is 2.74 bits per heavy atom. The van der Waals surface area contributed by atoms with Crippen molar-refractivity contribution in [3.05, 3.63) is 28.8 Å². The lowest BCUT2D eigenvalue weighted by molar-refractivity contribution is 0.0951. The first kappa shape index (κ1) is 12.8. The summed E-state index contributed by atoms with van der Waals surface area (Å²) in [6, 6.07) is 6.07. The Bertz CT molecular complexity index is 482. The third-order valence-corrected chi connectivity index (χ3v) is 3.92. The largest absolute Gasteiger partial charge is 0.369 e. The topological polar surface area (TPSA) is 44.4 Å². The van der Waals surface area contributed by atoms with E-state index in [-0.39, 0.29) is 5.91 Å². The van der Waals surface area contributed by atoms with Crippen molar-refractivity contribution in [1.29, 1.82) is 0 Å². The standard InChI is InChI=1S/C14H18ClN3O/c15-13-4-3-11(18-7-5-16-6-8-18)9-12(13)14(19)17-10-1-2-10/h3-4,9-10,16H,1-2,5-8H2,(H,17,19). The number of hydrogen-bond acceptors (Lipinski definition) is 3. The summed E-state index contributed by atoms with van der Waals surface area (Å²) in [5.74, 6) is -0.0514. The average Bonchev–Trinajstić information content (AvgIpc) is 3.24. The number of anilines is 1. The highest BCUT2D eigenvalue weighted by molar-refractivity contribution is 6.34. The van der Waals surface area contributed by atoms with Crippen molar-refractivity contribution < 1.29 is 4.79 Å². The maximum absolute atomic E-state index is 12.1. The highest BCUT2D eigenvalue weighted by Crippen LogP contribution is 2.25. The van der Waals surface area contributed by atoms with Gasteiger partial charge in [0, 0.05) is 37.9 Å². The monoisotopic (exact) mass is 279 g/mol. The van der Waals surface area contributed by atoms with Gasteiger partial charge in [-0.2, -0.15) is 0 Å². The average molecular weight is 280 g/mol. The minimum absolute atomic E-state index is 0.0514. The number of benzene rings is 1. The Balaban J connectivity index is 1.79. The Hall–Kier alpha value is -1.26. The van der Waals surface area contributed by atoms with E-state index in [0.717, 1.165) is 44.7 Å². The van der Waals surface area contributed by atoms with Gasteiger partial charge in [-0.15, -0.1) is 0 Å². The van der Waals surface area contributed by atoms with Crippen molar-refractivity contribution >= 4 is 23.2 Å². The van der Waals surface area contributed by atoms with Crippen LogP contribution in [-0.2, 0) is 0 Å². The molecule has 1 amide bonds. The number of amides is 1. The zero-order chi connectivity index (χ0) is 13.2. The zero-order valence-corrected chi connectivity index (χ0v) is 11.5. The van der Waals surface area contributed by atoms with E-state index >= 15 is 0 Å². The predicted octanol–water partition coefficient (Wildman–Crippen LogP) is 1.64. The predicted molar refractivity (Wildman–Crippen MR) is 77.0 cm³/mol. The van der Waals surface area contributed by atoms with Gasteiger partial charge in [-0.3, -0.25) is 4.79 Å². The molecule has 19 heavy (non-hydrogen) atoms. The molecule has 1 aliphatic heterocycles. The Morgan fingerprint density at radius 1 is 1.32 bits per heavy atom. The van der Waals surface area contributed by atoms with Gasteiger partial charge in [0.2, 0.25) is 0 Å². The first-order valence-electron chi connectivity index (χ1n) is 6.80. The molecule has 2 fully saturated rings. The first-order chi connectivity index (χ1) is 9.24. The molecule has 1 saturated carbocycles. The molecule has 0 spiro atoms. The highest BCUT2D eigenvalue weighted by atomic mass is 35.5. The molecule has 1 heterocycles. The zero-order valence-electron chi connectivity index (χ0n) is 10.8. The molecule has 1 saturated heterocycles. The van der Waals surface area contributed by atoms with Crippen molar-refractivity contribution in [3.8, 4) is 0 Å². The molecule has 0 radical (unpaired) electrons. The molecule has 0 aromatic heterocycles. The number of rotatable bonds is 3. The molecule has 1 aliphatic carbocycles. The van der Waals surface area contributed by atoms with Crippen LogP contribution in [0.3, 0.4) is 0 Å². The lowest BCUT2D eigenvalue weighted by atomic mass is 10.1. The summed E-state index contributed by atoms with van der Waals surface area (Å²) in [7, 11) is 0. The van der Waals surface area contributed by atoms with Gasteiger partial charge >= 0.3 is 0 Å². The summed E-state index contributed by atoms with van der Waals surface area (Å²) in [6.45, 7) is 3.88. The summed E-state index contributed by atoms with van der Waals surface area (Å²) in [4.78, 5) is 14.4. The molecular formula is C14H18ClN3O. The molecule has 2 aliphatic rings. The van der Waals surface area contributed by atoms with Crippen LogP contribution in [0.4, 0.5) is 5.69 Å². The van der Waals surface area contributed by atoms with Gasteiger partial charge in [0.15, 0.2) is 0 Å². The molecule has 5 heteroatoms. The second kappa shape index (κ2) is 5.39. The lowest BCUT2D eigenvalue weighted by Gasteiger charge is -2.29. The van der Waals surface area contributed by atoms with Crippen LogP contribution in [0.5, 0.6) is 0 Å². The van der Waals surface area contributed by atoms with Gasteiger partial charge in [-0.1, -0.05) is 11.6 Å². The van der Waals surface area contributed by atoms with Gasteiger partial charge in [0.25, 0.3) is 5.91 Å². The fourth-order valence-corrected chi connectivity index (χ4v) is 2.50. The summed E-state index contributed by atoms with van der Waals surface area (Å²) < 4.78 is 0. The fraction of sp³-hybridized carbons (Fsp3) is 0.500. The van der Waals surface area contributed by atoms with E-state index in [0.29, 0.717) is 16.6 Å². The minimum atomic E-state index is -0.0514. The Morgan fingerprint density at radius 2 is 2.05 bits per heavy atom. The number of piperazine rings is 1. The number of carbonyl (C=O) groups is 1. The second-order valence-corrected chi connectivity index (χ2v) is 5.56. The van der Waals surface area contributed by atoms with Gasteiger partial charge < -0.3 is 15.5 Å². The van der Waals surface area contributed by atoms with E-state index in [2.05, 4.69) is 15.5 Å². The second-order valence-electron chi connectivity index (χ2n) is 5.15. The van der Waals surface area contributed by atoms with Gasteiger partial charge in [-0.25, -0.2) is 0 Å². The third kappa shape index (κ3) is 3.01. The third-order valence-electron chi connectivity index (χ3n) is 3.59. The van der Waals surface area contributed by atoms with Crippen LogP contribution in [-0.4, -0.2) is 38.1 Å². The highest BCUT2D eigenvalue weighted by Gasteiger charge is 2.25. The summed E-state index contributed by atoms with van der Waals surface area (Å²) in [5, 5.41) is 6.83. The van der Waals surface area contributed by atoms with Crippen LogP contribution in [0.2, 0.25) is 5.02 Å². The molecule has 1 aromatic carbocycles. The van der Waals surface area contributed by atoms with Crippen molar-refractivity contribution in [2.45, 2.75) is 18.9 Å². The van der Waals surface area contributed by atoms with Crippen molar-refractivity contribution in [2.75, 3.05) is 31.1 Å². The molecule has 0 atom stereocenters. The molecule has 0 bridgehead atoms. The summed E-state index contributed by atoms with van der Waals surface area (Å²) in [6.07, 6.45) is 2.17. The van der Waals surface area contributed by atoms with Crippen LogP contribution in [0, 0.1) is 0 Å². The van der Waals surface area contributed by atoms with E-state index in [9.17, 15) is 4.79 Å². The Labute approximate surface area is 118 Å². The van der Waals surface area contributed by atoms with E-state index in [4.69, 9.17) is 11.6 Å². The van der Waals surface area contributed by atoms with E-state index in [1.54, 1.807) is 0 Å². The smallest absolute Gasteiger partial charge is 0.253 e. The molecule has 2 N–H and O–H groups in total. The number of carbonyl (C=O) groups excluding carboxylic acids is 1. The number of nitrogens with one attached hydrogen (secondary N) is 2. The van der Waals surface area contributed by atoms with E-state index in [1.165, 1.54) is 0 Å². The molecule has 3 rings (SSSR count). The Kier molecular flexibility index (Phi) is 3.62. The van der Waals surface area contributed by atoms with Crippen molar-refractivity contribution in [1.82, 2.24) is 10.6 Å². The number of nitrogens with zero attached hydrogens (tertiary/aromatic N) is 1. The van der Waals surface area contributed by atoms with Crippen LogP contribution < -0.4 is 15.5 Å². The molecule has 1 aromatic rings. The molecular weight excluding hydrogens is 262 g/mol. The summed E-state index contributed by atoms with van der Waals surface area (Å²) >= 11 is 6.14. The molecule has 0 unspecified atom stereocenters. The fourth-order valence-electron chi connectivity index (χ4n) is 2.30. The quantitative estimate of drug-likeness (QED) is 0.884. The van der Waals surface area contributed by atoms with E-state index < -0.39 is 0 Å². The normalized spacial score (nSPS) is 19.3. The summed E-state index contributed by atoms with van der Waals surface area (Å²) in [5.41, 5.74) is 1.66. The molecule has 102 valence electrons. The number of halogens is 1. The van der Waals surface area contributed by atoms with Crippen LogP contribution in [0.15, 0.2) is 18.2 Å². The number of hydrogen-bond donors (Lipinski definition) is 2. The van der Waals surface area contributed by atoms with Crippen LogP contribution in [0.1, 0.15) is 23.2 Å². The van der Waals surface area contributed by atoms with Crippen LogP contribution in [0.25, 0.3) is 0 Å². The SMILES string of the molecule is O=C(NC1CC1)c1cc(N2CCNCC2)ccc1Cl. The van der Waals surface area contributed by atoms with Crippen molar-refractivity contribution in [3.63, 3.8) is 0 Å². The first-order valence-corrected chi connectivity index (χ1v) is 7.18. The van der Waals surface area contributed by atoms with Gasteiger partial charge in [-0.05, 0) is 31.0 Å². The lowest BCUT2D eigenvalue weighted by Crippen LogP contribution is -2.43. The maximum atomic E-state index is 12.1. The minimum Gasteiger partial charge on any atom is -0.369 e. The van der Waals surface area contributed by atoms with E-state index in [1.807, 2.05) is 18.2 Å². The van der Waals surface area contributed by atoms with Crippen molar-refractivity contribution in [2.24, 2.45) is 0 Å². The van der Waals surface area contributed by atoms with Gasteiger partial charge in [0.05, 0.1) is 10.6 Å². The molecule has 4 nitrogen and oxygen atoms in total. The van der Waals surface area contributed by atoms with Crippen LogP contribution >= 0.6 is 11.6 Å². The maximum Gasteiger partial charge on any atom is 0.253 e.